The Morgan fingerprint density at radius 3 is 2.12 bits per heavy atom. The number of benzene rings is 3. The summed E-state index contributed by atoms with van der Waals surface area (Å²) in [5, 5.41) is 8.41. The summed E-state index contributed by atoms with van der Waals surface area (Å²) in [6.45, 7) is 7.05. The predicted octanol–water partition coefficient (Wildman–Crippen LogP) is 4.34. The van der Waals surface area contributed by atoms with Crippen LogP contribution in [0.2, 0.25) is 0 Å². The third-order valence-electron chi connectivity index (χ3n) is 6.87. The van der Waals surface area contributed by atoms with E-state index in [0.717, 1.165) is 70.3 Å². The van der Waals surface area contributed by atoms with E-state index in [4.69, 9.17) is 0 Å². The van der Waals surface area contributed by atoms with Crippen molar-refractivity contribution in [2.45, 2.75) is 13.8 Å². The number of carbonyl (C=O) groups is 1. The molecule has 10 nitrogen and oxygen atoms in total. The van der Waals surface area contributed by atoms with Crippen molar-refractivity contribution in [1.82, 2.24) is 0 Å². The molecule has 0 spiro atoms. The molecule has 0 fully saturated rings. The molecular weight excluding hydrogens is 554 g/mol. The molecule has 3 aromatic rings. The van der Waals surface area contributed by atoms with E-state index in [2.05, 4.69) is 83.5 Å². The zero-order valence-electron chi connectivity index (χ0n) is 25.7. The number of amides is 1. The minimum absolute atomic E-state index is 0.0987. The molecule has 0 saturated heterocycles. The lowest BCUT2D eigenvalue weighted by Gasteiger charge is -2.29. The summed E-state index contributed by atoms with van der Waals surface area (Å²) in [5.74, 6) is -0.0987. The van der Waals surface area contributed by atoms with E-state index in [1.807, 2.05) is 51.4 Å². The maximum absolute atomic E-state index is 13.4. The van der Waals surface area contributed by atoms with Crippen LogP contribution in [0, 0.1) is 0 Å². The number of nitrogens with zero attached hydrogens (tertiary/aromatic N) is 5. The normalized spacial score (nSPS) is 14.6. The Morgan fingerprint density at radius 2 is 1.60 bits per heavy atom. The Bertz CT molecular complexity index is 1580. The Balaban J connectivity index is 0.000000730. The van der Waals surface area contributed by atoms with Crippen molar-refractivity contribution in [1.29, 1.82) is 0 Å². The second-order valence-corrected chi connectivity index (χ2v) is 12.3. The lowest BCUT2D eigenvalue weighted by molar-refractivity contribution is -0.868. The quantitative estimate of drug-likeness (QED) is 0.157. The summed E-state index contributed by atoms with van der Waals surface area (Å²) in [4.78, 5) is 17.9. The number of hydrazone groups is 1. The molecule has 0 bridgehead atoms. The van der Waals surface area contributed by atoms with Gasteiger partial charge in [-0.2, -0.15) is 10.1 Å². The lowest BCUT2D eigenvalue weighted by atomic mass is 9.99. The fourth-order valence-corrected chi connectivity index (χ4v) is 4.53. The van der Waals surface area contributed by atoms with Gasteiger partial charge in [0.15, 0.2) is 0 Å². The van der Waals surface area contributed by atoms with Crippen LogP contribution in [0.5, 0.6) is 0 Å². The highest BCUT2D eigenvalue weighted by atomic mass is 32.3. The highest BCUT2D eigenvalue weighted by molar-refractivity contribution is 7.80. The molecule has 0 N–H and O–H groups in total. The first-order valence-electron chi connectivity index (χ1n) is 13.6. The second-order valence-electron chi connectivity index (χ2n) is 11.2. The van der Waals surface area contributed by atoms with Gasteiger partial charge in [0.25, 0.3) is 5.91 Å². The zero-order chi connectivity index (χ0) is 31.2. The van der Waals surface area contributed by atoms with Crippen molar-refractivity contribution in [3.8, 4) is 0 Å². The van der Waals surface area contributed by atoms with Crippen LogP contribution in [-0.4, -0.2) is 91.1 Å². The fourth-order valence-electron chi connectivity index (χ4n) is 4.53. The van der Waals surface area contributed by atoms with Crippen LogP contribution in [0.15, 0.2) is 71.3 Å². The highest BCUT2D eigenvalue weighted by Crippen LogP contribution is 2.32. The van der Waals surface area contributed by atoms with Gasteiger partial charge in [-0.05, 0) is 61.2 Å². The van der Waals surface area contributed by atoms with Gasteiger partial charge < -0.3 is 18.8 Å². The van der Waals surface area contributed by atoms with E-state index in [0.29, 0.717) is 5.57 Å². The van der Waals surface area contributed by atoms with Gasteiger partial charge in [-0.15, -0.1) is 0 Å². The molecule has 226 valence electrons. The first kappa shape index (κ1) is 32.7. The molecule has 0 saturated carbocycles. The number of anilines is 3. The number of rotatable bonds is 9. The second kappa shape index (κ2) is 13.5. The molecular formula is C31H41N5O5S. The molecule has 0 aromatic heterocycles. The number of likely N-dealkylation sites (N-methyl/N-ethyl adjacent to an activating group) is 2. The van der Waals surface area contributed by atoms with E-state index in [9.17, 15) is 17.8 Å². The molecule has 1 heterocycles. The number of carbonyl (C=O) groups excluding carboxylic acids is 1. The van der Waals surface area contributed by atoms with Gasteiger partial charge in [-0.1, -0.05) is 30.3 Å². The molecule has 1 aliphatic rings. The highest BCUT2D eigenvalue weighted by Gasteiger charge is 2.29. The topological polar surface area (TPSA) is 106 Å². The first-order valence-corrected chi connectivity index (χ1v) is 15.0. The van der Waals surface area contributed by atoms with Gasteiger partial charge in [-0.25, -0.2) is 8.42 Å². The fraction of sp³-hybridized carbons (Fsp3) is 0.355. The van der Waals surface area contributed by atoms with Crippen LogP contribution in [0.1, 0.15) is 19.4 Å². The van der Waals surface area contributed by atoms with Crippen LogP contribution in [0.25, 0.3) is 16.8 Å². The van der Waals surface area contributed by atoms with E-state index in [1.165, 1.54) is 5.01 Å². The van der Waals surface area contributed by atoms with Crippen LogP contribution >= 0.6 is 0 Å². The van der Waals surface area contributed by atoms with E-state index >= 15 is 0 Å². The van der Waals surface area contributed by atoms with Gasteiger partial charge in [0, 0.05) is 37.4 Å². The van der Waals surface area contributed by atoms with Gasteiger partial charge >= 0.3 is 0 Å². The standard InChI is InChI=1S/C30H38N5O.CH4O4S/c1-8-33(19-20-35(5,6)7)24-14-16-25(17-15-24)34-30(36)28(22(2)31-34)21-23-13-18-29(32(3)4)27-12-10-9-11-26(23)27;1-5-6(2,3)4/h9-18,21H,8,19-20H2,1-7H3;1H3,(H,2,3,4)/q+1;/p-1/b28-21+;. The molecule has 3 aromatic carbocycles. The first-order chi connectivity index (χ1) is 19.6. The Hall–Kier alpha value is -3.77. The van der Waals surface area contributed by atoms with Gasteiger partial charge in [-0.3, -0.25) is 8.98 Å². The molecule has 0 radical (unpaired) electrons. The average molecular weight is 596 g/mol. The van der Waals surface area contributed by atoms with Crippen molar-refractivity contribution in [2.24, 2.45) is 5.10 Å². The summed E-state index contributed by atoms with van der Waals surface area (Å²) < 4.78 is 31.9. The minimum Gasteiger partial charge on any atom is -0.726 e. The van der Waals surface area contributed by atoms with Gasteiger partial charge in [0.1, 0.15) is 0 Å². The summed E-state index contributed by atoms with van der Waals surface area (Å²) in [6, 6.07) is 20.7. The number of fused-ring (bicyclic) bond motifs is 1. The smallest absolute Gasteiger partial charge is 0.280 e. The van der Waals surface area contributed by atoms with Crippen LogP contribution in [-0.2, 0) is 19.4 Å². The molecule has 4 rings (SSSR count). The number of hydrogen-bond donors (Lipinski definition) is 0. The van der Waals surface area contributed by atoms with Crippen molar-refractivity contribution < 1.29 is 26.4 Å². The summed E-state index contributed by atoms with van der Waals surface area (Å²) >= 11 is 0. The van der Waals surface area contributed by atoms with Gasteiger partial charge in [0.05, 0.1) is 58.3 Å². The number of hydrogen-bond acceptors (Lipinski definition) is 8. The average Bonchev–Trinajstić information content (AvgIpc) is 3.21. The monoisotopic (exact) mass is 595 g/mol. The summed E-state index contributed by atoms with van der Waals surface area (Å²) in [7, 11) is 7.11. The molecule has 11 heteroatoms. The molecule has 0 atom stereocenters. The maximum Gasteiger partial charge on any atom is 0.280 e. The van der Waals surface area contributed by atoms with E-state index in [-0.39, 0.29) is 5.91 Å². The van der Waals surface area contributed by atoms with E-state index in [1.54, 1.807) is 0 Å². The zero-order valence-corrected chi connectivity index (χ0v) is 26.5. The Kier molecular flexibility index (Phi) is 10.5. The lowest BCUT2D eigenvalue weighted by Crippen LogP contribution is -2.42. The Morgan fingerprint density at radius 1 is 1.00 bits per heavy atom. The molecule has 1 aliphatic heterocycles. The Labute approximate surface area is 249 Å². The van der Waals surface area contributed by atoms with E-state index < -0.39 is 10.4 Å². The third-order valence-corrected chi connectivity index (χ3v) is 7.27. The molecule has 1 amide bonds. The minimum atomic E-state index is -4.41. The maximum atomic E-state index is 13.4. The van der Waals surface area contributed by atoms with Crippen LogP contribution < -0.4 is 14.8 Å². The van der Waals surface area contributed by atoms with Gasteiger partial charge in [0.2, 0.25) is 10.4 Å². The number of quaternary nitrogens is 1. The predicted molar refractivity (Wildman–Crippen MR) is 171 cm³/mol. The molecule has 0 unspecified atom stereocenters. The van der Waals surface area contributed by atoms with Crippen LogP contribution in [0.4, 0.5) is 17.1 Å². The van der Waals surface area contributed by atoms with Crippen molar-refractivity contribution in [3.63, 3.8) is 0 Å². The molecule has 42 heavy (non-hydrogen) atoms. The third kappa shape index (κ3) is 8.39. The van der Waals surface area contributed by atoms with Crippen molar-refractivity contribution in [3.05, 3.63) is 71.8 Å². The summed E-state index contributed by atoms with van der Waals surface area (Å²) in [5.41, 5.74) is 5.46. The van der Waals surface area contributed by atoms with Crippen LogP contribution in [0.3, 0.4) is 0 Å². The van der Waals surface area contributed by atoms with Crippen molar-refractivity contribution in [2.75, 3.05) is 76.8 Å². The van der Waals surface area contributed by atoms with Crippen molar-refractivity contribution >= 4 is 55.9 Å². The largest absolute Gasteiger partial charge is 0.726 e. The summed E-state index contributed by atoms with van der Waals surface area (Å²) in [6.07, 6.45) is 1.97. The SMILES string of the molecule is CCN(CC[N+](C)(C)C)c1ccc(N2N=C(C)/C(=C\c3ccc(N(C)C)c4ccccc34)C2=O)cc1.COS(=O)(=O)[O-]. The molecule has 0 aliphatic carbocycles.